The average molecular weight is 629 g/mol. The lowest BCUT2D eigenvalue weighted by Crippen LogP contribution is -2.36. The van der Waals surface area contributed by atoms with E-state index in [0.29, 0.717) is 39.4 Å². The highest BCUT2D eigenvalue weighted by atomic mass is 35.5. The van der Waals surface area contributed by atoms with E-state index in [2.05, 4.69) is 24.1 Å². The molecule has 1 N–H and O–H groups in total. The van der Waals surface area contributed by atoms with Crippen molar-refractivity contribution in [3.8, 4) is 11.5 Å². The van der Waals surface area contributed by atoms with Crippen molar-refractivity contribution in [1.82, 2.24) is 4.90 Å². The number of amides is 3. The molecule has 1 saturated heterocycles. The molecule has 0 bridgehead atoms. The van der Waals surface area contributed by atoms with E-state index in [1.807, 2.05) is 25.1 Å². The molecule has 11 heteroatoms. The largest absolute Gasteiger partial charge is 0.494 e. The topological polar surface area (TPSA) is 88.2 Å². The molecule has 220 valence electrons. The van der Waals surface area contributed by atoms with Gasteiger partial charge in [-0.3, -0.25) is 19.3 Å². The summed E-state index contributed by atoms with van der Waals surface area (Å²) < 4.78 is 11.6. The molecule has 1 fully saturated rings. The van der Waals surface area contributed by atoms with Crippen molar-refractivity contribution in [1.29, 1.82) is 0 Å². The first-order valence-electron chi connectivity index (χ1n) is 13.5. The highest BCUT2D eigenvalue weighted by molar-refractivity contribution is 8.18. The van der Waals surface area contributed by atoms with Gasteiger partial charge in [-0.25, -0.2) is 0 Å². The van der Waals surface area contributed by atoms with E-state index in [9.17, 15) is 14.4 Å². The molecule has 42 heavy (non-hydrogen) atoms. The number of imide groups is 1. The van der Waals surface area contributed by atoms with Crippen molar-refractivity contribution in [2.75, 3.05) is 36.5 Å². The van der Waals surface area contributed by atoms with Gasteiger partial charge in [-0.05, 0) is 87.1 Å². The predicted molar refractivity (Wildman–Crippen MR) is 170 cm³/mol. The van der Waals surface area contributed by atoms with Gasteiger partial charge in [0, 0.05) is 51.7 Å². The molecular formula is C31H31Cl2N3O5S. The summed E-state index contributed by atoms with van der Waals surface area (Å²) in [6, 6.07) is 17.7. The van der Waals surface area contributed by atoms with Crippen LogP contribution in [0.1, 0.15) is 31.9 Å². The van der Waals surface area contributed by atoms with Crippen molar-refractivity contribution in [3.63, 3.8) is 0 Å². The molecule has 0 unspecified atom stereocenters. The van der Waals surface area contributed by atoms with Gasteiger partial charge in [-0.1, -0.05) is 29.3 Å². The minimum Gasteiger partial charge on any atom is -0.494 e. The van der Waals surface area contributed by atoms with Crippen LogP contribution in [0.5, 0.6) is 11.5 Å². The van der Waals surface area contributed by atoms with Crippen LogP contribution in [-0.2, 0) is 16.2 Å². The zero-order valence-corrected chi connectivity index (χ0v) is 25.8. The van der Waals surface area contributed by atoms with Gasteiger partial charge in [0.05, 0.1) is 11.5 Å². The second kappa shape index (κ2) is 14.5. The molecule has 3 amide bonds. The number of halogens is 2. The zero-order valence-electron chi connectivity index (χ0n) is 23.5. The maximum Gasteiger partial charge on any atom is 0.294 e. The quantitative estimate of drug-likeness (QED) is 0.208. The maximum absolute atomic E-state index is 13.2. The van der Waals surface area contributed by atoms with E-state index >= 15 is 0 Å². The molecule has 0 aliphatic carbocycles. The van der Waals surface area contributed by atoms with E-state index in [1.165, 1.54) is 0 Å². The smallest absolute Gasteiger partial charge is 0.294 e. The van der Waals surface area contributed by atoms with Gasteiger partial charge < -0.3 is 19.7 Å². The molecule has 0 radical (unpaired) electrons. The lowest BCUT2D eigenvalue weighted by Gasteiger charge is -2.22. The maximum atomic E-state index is 13.2. The molecule has 0 spiro atoms. The van der Waals surface area contributed by atoms with Crippen LogP contribution < -0.4 is 19.7 Å². The minimum absolute atomic E-state index is 0.172. The van der Waals surface area contributed by atoms with Crippen LogP contribution in [0.15, 0.2) is 65.6 Å². The summed E-state index contributed by atoms with van der Waals surface area (Å²) in [6.07, 6.45) is 1.61. The van der Waals surface area contributed by atoms with Gasteiger partial charge in [0.1, 0.15) is 24.7 Å². The second-order valence-electron chi connectivity index (χ2n) is 9.19. The summed E-state index contributed by atoms with van der Waals surface area (Å²) in [5.74, 6) is 0.156. The van der Waals surface area contributed by atoms with Crippen molar-refractivity contribution < 1.29 is 23.9 Å². The van der Waals surface area contributed by atoms with Crippen LogP contribution in [0, 0.1) is 0 Å². The molecule has 0 aromatic heterocycles. The van der Waals surface area contributed by atoms with E-state index in [0.717, 1.165) is 41.0 Å². The third-order valence-corrected chi connectivity index (χ3v) is 7.93. The number of ether oxygens (including phenoxy) is 2. The Morgan fingerprint density at radius 2 is 1.71 bits per heavy atom. The minimum atomic E-state index is -0.550. The molecule has 3 aromatic rings. The number of anilines is 2. The average Bonchev–Trinajstić information content (AvgIpc) is 3.22. The number of hydrogen-bond donors (Lipinski definition) is 1. The van der Waals surface area contributed by atoms with Gasteiger partial charge >= 0.3 is 0 Å². The van der Waals surface area contributed by atoms with Crippen molar-refractivity contribution in [3.05, 3.63) is 86.7 Å². The van der Waals surface area contributed by atoms with Crippen LogP contribution in [0.3, 0.4) is 0 Å². The Labute approximate surface area is 259 Å². The Balaban J connectivity index is 1.52. The number of carbonyl (C=O) groups excluding carboxylic acids is 3. The van der Waals surface area contributed by atoms with Gasteiger partial charge in [-0.2, -0.15) is 0 Å². The van der Waals surface area contributed by atoms with Crippen LogP contribution in [0.25, 0.3) is 6.08 Å². The normalized spacial score (nSPS) is 13.9. The summed E-state index contributed by atoms with van der Waals surface area (Å²) in [7, 11) is 0. The third kappa shape index (κ3) is 7.79. The van der Waals surface area contributed by atoms with Gasteiger partial charge in [0.2, 0.25) is 5.91 Å². The van der Waals surface area contributed by atoms with Crippen molar-refractivity contribution in [2.24, 2.45) is 0 Å². The number of hydrogen-bond acceptors (Lipinski definition) is 7. The number of rotatable bonds is 12. The molecule has 0 atom stereocenters. The van der Waals surface area contributed by atoms with E-state index in [-0.39, 0.29) is 11.5 Å². The van der Waals surface area contributed by atoms with Crippen LogP contribution in [0.4, 0.5) is 16.2 Å². The molecule has 8 nitrogen and oxygen atoms in total. The summed E-state index contributed by atoms with van der Waals surface area (Å²) in [4.78, 5) is 41.9. The number of nitrogens with one attached hydrogen (secondary N) is 1. The SMILES string of the molecule is CCOc1ccc(NC(=O)CN2C(=O)S/C(=C/c3ccc(N(CC)CC)cc3OCc3ccc(Cl)cc3Cl)C2=O)cc1. The summed E-state index contributed by atoms with van der Waals surface area (Å²) >= 11 is 13.2. The fraction of sp³-hybridized carbons (Fsp3) is 0.258. The van der Waals surface area contributed by atoms with Crippen molar-refractivity contribution >= 4 is 69.5 Å². The fourth-order valence-electron chi connectivity index (χ4n) is 4.27. The summed E-state index contributed by atoms with van der Waals surface area (Å²) in [6.45, 7) is 7.91. The van der Waals surface area contributed by atoms with Crippen LogP contribution in [0.2, 0.25) is 10.0 Å². The predicted octanol–water partition coefficient (Wildman–Crippen LogP) is 7.49. The standard InChI is InChI=1S/C31H31Cl2N3O5S/c1-4-35(5-2)24-12-8-20(27(17-24)41-19-21-7-9-22(32)16-26(21)33)15-28-30(38)36(31(39)42-28)18-29(37)34-23-10-13-25(14-11-23)40-6-3/h7-17H,4-6,18-19H2,1-3H3,(H,34,37)/b28-15+. The van der Waals surface area contributed by atoms with Crippen LogP contribution in [-0.4, -0.2) is 48.2 Å². The van der Waals surface area contributed by atoms with Gasteiger partial charge in [0.25, 0.3) is 11.1 Å². The summed E-state index contributed by atoms with van der Waals surface area (Å²) in [5.41, 5.74) is 2.84. The lowest BCUT2D eigenvalue weighted by molar-refractivity contribution is -0.127. The Kier molecular flexibility index (Phi) is 10.8. The Morgan fingerprint density at radius 3 is 2.38 bits per heavy atom. The number of nitrogens with zero attached hydrogens (tertiary/aromatic N) is 2. The Bertz CT molecular complexity index is 1490. The first kappa shape index (κ1) is 31.3. The summed E-state index contributed by atoms with van der Waals surface area (Å²) in [5, 5.41) is 3.19. The number of carbonyl (C=O) groups is 3. The second-order valence-corrected chi connectivity index (χ2v) is 11.0. The molecule has 1 heterocycles. The first-order chi connectivity index (χ1) is 20.2. The Hall–Kier alpha value is -3.66. The highest BCUT2D eigenvalue weighted by Gasteiger charge is 2.36. The van der Waals surface area contributed by atoms with Crippen LogP contribution >= 0.6 is 35.0 Å². The highest BCUT2D eigenvalue weighted by Crippen LogP contribution is 2.36. The molecule has 0 saturated carbocycles. The first-order valence-corrected chi connectivity index (χ1v) is 15.0. The Morgan fingerprint density at radius 1 is 0.976 bits per heavy atom. The molecule has 3 aromatic carbocycles. The number of benzene rings is 3. The fourth-order valence-corrected chi connectivity index (χ4v) is 5.56. The molecule has 4 rings (SSSR count). The number of thioether (sulfide) groups is 1. The molecule has 1 aliphatic rings. The third-order valence-electron chi connectivity index (χ3n) is 6.44. The monoisotopic (exact) mass is 627 g/mol. The van der Waals surface area contributed by atoms with Crippen molar-refractivity contribution in [2.45, 2.75) is 27.4 Å². The molecular weight excluding hydrogens is 597 g/mol. The van der Waals surface area contributed by atoms with E-state index in [1.54, 1.807) is 48.5 Å². The lowest BCUT2D eigenvalue weighted by atomic mass is 10.1. The van der Waals surface area contributed by atoms with E-state index in [4.69, 9.17) is 32.7 Å². The zero-order chi connectivity index (χ0) is 30.2. The molecule has 1 aliphatic heterocycles. The van der Waals surface area contributed by atoms with E-state index < -0.39 is 23.6 Å². The van der Waals surface area contributed by atoms with Gasteiger partial charge in [-0.15, -0.1) is 0 Å². The van der Waals surface area contributed by atoms with Gasteiger partial charge in [0.15, 0.2) is 0 Å².